The van der Waals surface area contributed by atoms with E-state index in [-0.39, 0.29) is 36.3 Å². The van der Waals surface area contributed by atoms with Crippen molar-refractivity contribution < 1.29 is 33.4 Å². The molecular formula is C20H22NO7+. The van der Waals surface area contributed by atoms with Crippen molar-refractivity contribution in [1.29, 1.82) is 0 Å². The lowest BCUT2D eigenvalue weighted by atomic mass is 9.87. The molecule has 1 aromatic heterocycles. The monoisotopic (exact) mass is 388 g/mol. The number of Topliss-reactive ketones (excluding diaryl/α,β-unsaturated/α-hetero) is 1. The van der Waals surface area contributed by atoms with E-state index in [2.05, 4.69) is 0 Å². The SMILES string of the molecule is COc1c2c(cc3c1[C@@H](CC(=O)c1c(O)cc(C)oc1=O)[NH+](C)CC3)OCO2. The molecule has 0 saturated heterocycles. The van der Waals surface area contributed by atoms with E-state index in [9.17, 15) is 14.7 Å². The van der Waals surface area contributed by atoms with E-state index in [4.69, 9.17) is 18.6 Å². The van der Waals surface area contributed by atoms with Gasteiger partial charge in [0, 0.05) is 12.5 Å². The molecule has 2 aromatic rings. The Morgan fingerprint density at radius 1 is 1.36 bits per heavy atom. The first-order valence-corrected chi connectivity index (χ1v) is 9.09. The zero-order chi connectivity index (χ0) is 20.0. The molecule has 1 unspecified atom stereocenters. The first-order valence-electron chi connectivity index (χ1n) is 9.09. The fraction of sp³-hybridized carbons (Fsp3) is 0.400. The summed E-state index contributed by atoms with van der Waals surface area (Å²) in [4.78, 5) is 26.2. The maximum absolute atomic E-state index is 12.9. The predicted octanol–water partition coefficient (Wildman–Crippen LogP) is 0.776. The number of likely N-dealkylation sites (N-methyl/N-ethyl adjacent to an activating group) is 1. The lowest BCUT2D eigenvalue weighted by Gasteiger charge is -2.32. The van der Waals surface area contributed by atoms with Crippen LogP contribution in [0.3, 0.4) is 0 Å². The van der Waals surface area contributed by atoms with Crippen molar-refractivity contribution in [3.05, 3.63) is 45.0 Å². The number of hydrogen-bond acceptors (Lipinski definition) is 7. The molecule has 0 amide bonds. The van der Waals surface area contributed by atoms with Gasteiger partial charge in [-0.15, -0.1) is 0 Å². The van der Waals surface area contributed by atoms with Gasteiger partial charge >= 0.3 is 5.63 Å². The molecule has 2 N–H and O–H groups in total. The van der Waals surface area contributed by atoms with E-state index in [1.165, 1.54) is 13.0 Å². The second-order valence-electron chi connectivity index (χ2n) is 7.15. The molecular weight excluding hydrogens is 366 g/mol. The average molecular weight is 388 g/mol. The van der Waals surface area contributed by atoms with Crippen molar-refractivity contribution in [3.63, 3.8) is 0 Å². The largest absolute Gasteiger partial charge is 0.507 e. The number of carbonyl (C=O) groups is 1. The van der Waals surface area contributed by atoms with Crippen molar-refractivity contribution in [3.8, 4) is 23.0 Å². The van der Waals surface area contributed by atoms with Gasteiger partial charge in [0.1, 0.15) is 23.1 Å². The molecule has 8 nitrogen and oxygen atoms in total. The van der Waals surface area contributed by atoms with Crippen LogP contribution in [0, 0.1) is 6.92 Å². The number of methoxy groups -OCH3 is 1. The third-order valence-electron chi connectivity index (χ3n) is 5.40. The van der Waals surface area contributed by atoms with Crippen LogP contribution in [-0.4, -0.2) is 38.4 Å². The highest BCUT2D eigenvalue weighted by atomic mass is 16.7. The maximum Gasteiger partial charge on any atom is 0.350 e. The van der Waals surface area contributed by atoms with Gasteiger partial charge in [-0.3, -0.25) is 4.79 Å². The minimum absolute atomic E-state index is 0.0240. The molecule has 1 aromatic carbocycles. The highest BCUT2D eigenvalue weighted by Gasteiger charge is 2.38. The third-order valence-corrected chi connectivity index (χ3v) is 5.40. The van der Waals surface area contributed by atoms with E-state index in [1.807, 2.05) is 13.1 Å². The Morgan fingerprint density at radius 2 is 2.14 bits per heavy atom. The van der Waals surface area contributed by atoms with Crippen molar-refractivity contribution in [2.75, 3.05) is 27.5 Å². The number of benzene rings is 1. The van der Waals surface area contributed by atoms with Gasteiger partial charge in [-0.05, 0) is 18.6 Å². The summed E-state index contributed by atoms with van der Waals surface area (Å²) in [5.74, 6) is 1.15. The standard InChI is InChI=1S/C20H21NO7/c1-10-6-13(22)17(20(24)28-10)14(23)8-12-16-11(4-5-21(12)2)7-15-18(19(16)25-3)27-9-26-15/h6-7,12,22H,4-5,8-9H2,1-3H3/p+1/t12-/m1/s1. The Labute approximate surface area is 161 Å². The number of aromatic hydroxyl groups is 1. The lowest BCUT2D eigenvalue weighted by molar-refractivity contribution is -0.913. The Kier molecular flexibility index (Phi) is 4.50. The van der Waals surface area contributed by atoms with Crippen LogP contribution >= 0.6 is 0 Å². The summed E-state index contributed by atoms with van der Waals surface area (Å²) < 4.78 is 21.7. The molecule has 0 aliphatic carbocycles. The normalized spacial score (nSPS) is 20.0. The third kappa shape index (κ3) is 2.90. The van der Waals surface area contributed by atoms with Crippen LogP contribution in [0.2, 0.25) is 0 Å². The molecule has 2 atom stereocenters. The second kappa shape index (κ2) is 6.87. The van der Waals surface area contributed by atoms with Crippen molar-refractivity contribution in [1.82, 2.24) is 0 Å². The Bertz CT molecular complexity index is 1010. The molecule has 148 valence electrons. The number of carbonyl (C=O) groups excluding carboxylic acids is 1. The van der Waals surface area contributed by atoms with Gasteiger partial charge in [0.2, 0.25) is 12.5 Å². The summed E-state index contributed by atoms with van der Waals surface area (Å²) >= 11 is 0. The van der Waals surface area contributed by atoms with E-state index in [0.717, 1.165) is 29.0 Å². The lowest BCUT2D eigenvalue weighted by Crippen LogP contribution is -3.10. The fourth-order valence-corrected chi connectivity index (χ4v) is 4.04. The average Bonchev–Trinajstić information content (AvgIpc) is 3.09. The summed E-state index contributed by atoms with van der Waals surface area (Å²) in [6.45, 7) is 2.47. The van der Waals surface area contributed by atoms with Crippen molar-refractivity contribution >= 4 is 5.78 Å². The van der Waals surface area contributed by atoms with Crippen LogP contribution < -0.4 is 24.7 Å². The Hall–Kier alpha value is -3.00. The van der Waals surface area contributed by atoms with Gasteiger partial charge in [-0.25, -0.2) is 4.79 Å². The molecule has 8 heteroatoms. The number of quaternary nitrogens is 1. The van der Waals surface area contributed by atoms with E-state index < -0.39 is 11.4 Å². The smallest absolute Gasteiger partial charge is 0.350 e. The molecule has 4 rings (SSSR count). The molecule has 28 heavy (non-hydrogen) atoms. The summed E-state index contributed by atoms with van der Waals surface area (Å²) in [6.07, 6.45) is 0.826. The number of fused-ring (bicyclic) bond motifs is 2. The number of hydrogen-bond donors (Lipinski definition) is 2. The molecule has 0 saturated carbocycles. The quantitative estimate of drug-likeness (QED) is 0.747. The number of ketones is 1. The van der Waals surface area contributed by atoms with Gasteiger partial charge in [0.25, 0.3) is 0 Å². The summed E-state index contributed by atoms with van der Waals surface area (Å²) in [6, 6.07) is 2.95. The number of ether oxygens (including phenoxy) is 3. The molecule has 0 fully saturated rings. The zero-order valence-electron chi connectivity index (χ0n) is 16.0. The first-order chi connectivity index (χ1) is 13.4. The number of nitrogens with one attached hydrogen (secondary N) is 1. The minimum atomic E-state index is -0.825. The summed E-state index contributed by atoms with van der Waals surface area (Å²) in [7, 11) is 3.54. The second-order valence-corrected chi connectivity index (χ2v) is 7.15. The molecule has 0 spiro atoms. The van der Waals surface area contributed by atoms with Gasteiger partial charge in [-0.1, -0.05) is 0 Å². The molecule has 2 aliphatic rings. The maximum atomic E-state index is 12.9. The molecule has 2 aliphatic heterocycles. The molecule has 0 radical (unpaired) electrons. The van der Waals surface area contributed by atoms with Crippen molar-refractivity contribution in [2.45, 2.75) is 25.8 Å². The van der Waals surface area contributed by atoms with Crippen LogP contribution in [0.4, 0.5) is 0 Å². The van der Waals surface area contributed by atoms with Gasteiger partial charge < -0.3 is 28.6 Å². The van der Waals surface area contributed by atoms with Crippen LogP contribution in [0.25, 0.3) is 0 Å². The first kappa shape index (κ1) is 18.4. The molecule has 0 bridgehead atoms. The minimum Gasteiger partial charge on any atom is -0.507 e. The van der Waals surface area contributed by atoms with Crippen LogP contribution in [0.5, 0.6) is 23.0 Å². The van der Waals surface area contributed by atoms with Crippen LogP contribution in [0.15, 0.2) is 21.3 Å². The topological polar surface area (TPSA) is 99.6 Å². The van der Waals surface area contributed by atoms with Gasteiger partial charge in [0.15, 0.2) is 17.3 Å². The Balaban J connectivity index is 1.76. The Morgan fingerprint density at radius 3 is 2.86 bits per heavy atom. The fourth-order valence-electron chi connectivity index (χ4n) is 4.04. The predicted molar refractivity (Wildman–Crippen MR) is 97.6 cm³/mol. The zero-order valence-corrected chi connectivity index (χ0v) is 16.0. The van der Waals surface area contributed by atoms with Crippen molar-refractivity contribution in [2.24, 2.45) is 0 Å². The number of aryl methyl sites for hydroxylation is 1. The number of rotatable bonds is 4. The van der Waals surface area contributed by atoms with Crippen LogP contribution in [-0.2, 0) is 6.42 Å². The van der Waals surface area contributed by atoms with Crippen LogP contribution in [0.1, 0.15) is 39.7 Å². The highest BCUT2D eigenvalue weighted by molar-refractivity contribution is 5.98. The van der Waals surface area contributed by atoms with E-state index in [1.54, 1.807) is 7.11 Å². The van der Waals surface area contributed by atoms with E-state index in [0.29, 0.717) is 17.2 Å². The molecule has 3 heterocycles. The summed E-state index contributed by atoms with van der Waals surface area (Å²) in [5.41, 5.74) is 0.767. The van der Waals surface area contributed by atoms with Gasteiger partial charge in [-0.2, -0.15) is 0 Å². The summed E-state index contributed by atoms with van der Waals surface area (Å²) in [5, 5.41) is 10.1. The van der Waals surface area contributed by atoms with Gasteiger partial charge in [0.05, 0.1) is 32.7 Å². The van der Waals surface area contributed by atoms with E-state index >= 15 is 0 Å². The highest BCUT2D eigenvalue weighted by Crippen LogP contribution is 2.47.